The molecule has 3 aromatic carbocycles. The van der Waals surface area contributed by atoms with Crippen LogP contribution in [0.4, 0.5) is 10.8 Å². The van der Waals surface area contributed by atoms with Crippen LogP contribution < -0.4 is 20.7 Å². The molecule has 0 saturated carbocycles. The van der Waals surface area contributed by atoms with Crippen LogP contribution in [0.25, 0.3) is 16.3 Å². The molecule has 0 fully saturated rings. The lowest BCUT2D eigenvalue weighted by Crippen LogP contribution is -2.30. The predicted octanol–water partition coefficient (Wildman–Crippen LogP) is 6.04. The number of carbonyl (C=O) groups is 3. The van der Waals surface area contributed by atoms with Crippen LogP contribution in [0.2, 0.25) is 0 Å². The van der Waals surface area contributed by atoms with Gasteiger partial charge in [0.2, 0.25) is 5.91 Å². The van der Waals surface area contributed by atoms with Gasteiger partial charge in [-0.1, -0.05) is 29.5 Å². The average Bonchev–Trinajstić information content (AvgIpc) is 3.65. The first kappa shape index (κ1) is 27.7. The number of hydrogen-bond donors (Lipinski definition) is 3. The fourth-order valence-corrected chi connectivity index (χ4v) is 5.29. The molecule has 11 heteroatoms. The first-order valence-electron chi connectivity index (χ1n) is 12.4. The van der Waals surface area contributed by atoms with Crippen molar-refractivity contribution >= 4 is 67.9 Å². The summed E-state index contributed by atoms with van der Waals surface area (Å²) >= 11 is 2.74. The molecular weight excluding hydrogens is 560 g/mol. The lowest BCUT2D eigenvalue weighted by Gasteiger charge is -2.11. The van der Waals surface area contributed by atoms with E-state index >= 15 is 0 Å². The molecule has 2 aromatic heterocycles. The Morgan fingerprint density at radius 2 is 1.78 bits per heavy atom. The van der Waals surface area contributed by atoms with Gasteiger partial charge in [-0.3, -0.25) is 14.4 Å². The van der Waals surface area contributed by atoms with Gasteiger partial charge in [-0.15, -0.1) is 11.8 Å². The highest BCUT2D eigenvalue weighted by Gasteiger charge is 2.16. The first-order valence-corrected chi connectivity index (χ1v) is 14.2. The summed E-state index contributed by atoms with van der Waals surface area (Å²) in [5.41, 5.74) is 1.75. The van der Waals surface area contributed by atoms with E-state index in [9.17, 15) is 14.4 Å². The standard InChI is InChI=1S/C30H24N4O5S2/c1-38-21-11-14-24-26(17-21)41-30(33-24)34-27(35)18-40-23-12-9-20(10-13-23)31-29(37)25(16-22-8-5-15-39-22)32-28(36)19-6-3-2-4-7-19/h2-17H,18H2,1H3,(H,31,37)(H,32,36)(H,33,34,35)/b25-16-. The van der Waals surface area contributed by atoms with E-state index in [1.807, 2.05) is 18.2 Å². The van der Waals surface area contributed by atoms with Crippen molar-refractivity contribution in [3.05, 3.63) is 108 Å². The van der Waals surface area contributed by atoms with E-state index in [0.29, 0.717) is 22.1 Å². The third kappa shape index (κ3) is 7.41. The molecule has 2 heterocycles. The van der Waals surface area contributed by atoms with Crippen molar-refractivity contribution in [2.24, 2.45) is 0 Å². The summed E-state index contributed by atoms with van der Waals surface area (Å²) in [6.45, 7) is 0. The zero-order chi connectivity index (χ0) is 28.6. The number of nitrogens with one attached hydrogen (secondary N) is 3. The summed E-state index contributed by atoms with van der Waals surface area (Å²) in [4.78, 5) is 43.5. The highest BCUT2D eigenvalue weighted by Crippen LogP contribution is 2.29. The van der Waals surface area contributed by atoms with E-state index in [2.05, 4.69) is 20.9 Å². The van der Waals surface area contributed by atoms with E-state index in [1.165, 1.54) is 35.4 Å². The summed E-state index contributed by atoms with van der Waals surface area (Å²) in [5.74, 6) is 0.218. The minimum Gasteiger partial charge on any atom is -0.497 e. The molecule has 0 saturated heterocycles. The van der Waals surface area contributed by atoms with Gasteiger partial charge in [-0.25, -0.2) is 4.98 Å². The van der Waals surface area contributed by atoms with Crippen molar-refractivity contribution in [2.75, 3.05) is 23.5 Å². The van der Waals surface area contributed by atoms with Crippen LogP contribution in [0, 0.1) is 0 Å². The first-order chi connectivity index (χ1) is 20.0. The number of carbonyl (C=O) groups excluding carboxylic acids is 3. The molecule has 0 atom stereocenters. The van der Waals surface area contributed by atoms with Gasteiger partial charge in [0.25, 0.3) is 11.8 Å². The number of benzene rings is 3. The van der Waals surface area contributed by atoms with Crippen LogP contribution in [0.5, 0.6) is 5.75 Å². The van der Waals surface area contributed by atoms with Crippen molar-refractivity contribution < 1.29 is 23.5 Å². The number of fused-ring (bicyclic) bond motifs is 1. The second-order valence-corrected chi connectivity index (χ2v) is 10.6. The number of amides is 3. The van der Waals surface area contributed by atoms with Crippen LogP contribution in [0.3, 0.4) is 0 Å². The Bertz CT molecular complexity index is 1700. The molecule has 3 N–H and O–H groups in total. The number of ether oxygens (including phenoxy) is 1. The fourth-order valence-electron chi connectivity index (χ4n) is 3.68. The Hall–Kier alpha value is -4.87. The number of nitrogens with zero attached hydrogens (tertiary/aromatic N) is 1. The SMILES string of the molecule is COc1ccc2nc(NC(=O)CSc3ccc(NC(=O)/C(=C/c4ccco4)NC(=O)c4ccccc4)cc3)sc2c1. The minimum absolute atomic E-state index is 0.0252. The van der Waals surface area contributed by atoms with Gasteiger partial charge in [-0.2, -0.15) is 0 Å². The molecule has 0 bridgehead atoms. The van der Waals surface area contributed by atoms with Crippen molar-refractivity contribution in [3.8, 4) is 5.75 Å². The number of thioether (sulfide) groups is 1. The van der Waals surface area contributed by atoms with E-state index in [0.717, 1.165) is 20.9 Å². The third-order valence-electron chi connectivity index (χ3n) is 5.68. The number of anilines is 2. The molecule has 0 spiro atoms. The fraction of sp³-hybridized carbons (Fsp3) is 0.0667. The smallest absolute Gasteiger partial charge is 0.272 e. The zero-order valence-electron chi connectivity index (χ0n) is 21.7. The zero-order valence-corrected chi connectivity index (χ0v) is 23.4. The van der Waals surface area contributed by atoms with Gasteiger partial charge in [0, 0.05) is 22.2 Å². The Morgan fingerprint density at radius 1 is 0.976 bits per heavy atom. The second kappa shape index (κ2) is 13.0. The Balaban J connectivity index is 1.17. The summed E-state index contributed by atoms with van der Waals surface area (Å²) < 4.78 is 11.5. The molecule has 9 nitrogen and oxygen atoms in total. The Labute approximate surface area is 243 Å². The summed E-state index contributed by atoms with van der Waals surface area (Å²) in [6.07, 6.45) is 2.94. The Morgan fingerprint density at radius 3 is 2.51 bits per heavy atom. The van der Waals surface area contributed by atoms with Crippen molar-refractivity contribution in [1.29, 1.82) is 0 Å². The van der Waals surface area contributed by atoms with Gasteiger partial charge in [0.15, 0.2) is 5.13 Å². The van der Waals surface area contributed by atoms with E-state index in [4.69, 9.17) is 9.15 Å². The summed E-state index contributed by atoms with van der Waals surface area (Å²) in [5, 5.41) is 8.81. The van der Waals surface area contributed by atoms with Gasteiger partial charge in [0.1, 0.15) is 17.2 Å². The normalized spacial score (nSPS) is 11.2. The molecule has 0 aliphatic carbocycles. The van der Waals surface area contributed by atoms with Crippen molar-refractivity contribution in [1.82, 2.24) is 10.3 Å². The van der Waals surface area contributed by atoms with Gasteiger partial charge < -0.3 is 25.1 Å². The maximum Gasteiger partial charge on any atom is 0.272 e. The summed E-state index contributed by atoms with van der Waals surface area (Å²) in [6, 6.07) is 24.6. The maximum absolute atomic E-state index is 13.1. The molecule has 3 amide bonds. The molecule has 5 rings (SSSR count). The molecule has 0 aliphatic rings. The monoisotopic (exact) mass is 584 g/mol. The highest BCUT2D eigenvalue weighted by atomic mass is 32.2. The molecule has 5 aromatic rings. The molecule has 206 valence electrons. The van der Waals surface area contributed by atoms with Crippen LogP contribution in [-0.2, 0) is 9.59 Å². The molecular formula is C30H24N4O5S2. The van der Waals surface area contributed by atoms with E-state index in [-0.39, 0.29) is 17.4 Å². The van der Waals surface area contributed by atoms with Gasteiger partial charge >= 0.3 is 0 Å². The van der Waals surface area contributed by atoms with E-state index < -0.39 is 11.8 Å². The highest BCUT2D eigenvalue weighted by molar-refractivity contribution is 8.00. The topological polar surface area (TPSA) is 123 Å². The molecule has 0 unspecified atom stereocenters. The number of hydrogen-bond acceptors (Lipinski definition) is 8. The minimum atomic E-state index is -0.515. The van der Waals surface area contributed by atoms with E-state index in [1.54, 1.807) is 73.8 Å². The van der Waals surface area contributed by atoms with Gasteiger partial charge in [-0.05, 0) is 66.7 Å². The second-order valence-electron chi connectivity index (χ2n) is 8.56. The average molecular weight is 585 g/mol. The molecule has 41 heavy (non-hydrogen) atoms. The lowest BCUT2D eigenvalue weighted by atomic mass is 10.2. The number of thiazole rings is 1. The summed E-state index contributed by atoms with van der Waals surface area (Å²) in [7, 11) is 1.60. The van der Waals surface area contributed by atoms with Crippen molar-refractivity contribution in [2.45, 2.75) is 4.90 Å². The number of aromatic nitrogens is 1. The van der Waals surface area contributed by atoms with Crippen molar-refractivity contribution in [3.63, 3.8) is 0 Å². The number of furan rings is 1. The third-order valence-corrected chi connectivity index (χ3v) is 7.63. The Kier molecular flexibility index (Phi) is 8.77. The number of rotatable bonds is 10. The number of methoxy groups -OCH3 is 1. The largest absolute Gasteiger partial charge is 0.497 e. The van der Waals surface area contributed by atoms with Crippen LogP contribution >= 0.6 is 23.1 Å². The maximum atomic E-state index is 13.1. The van der Waals surface area contributed by atoms with Crippen LogP contribution in [0.15, 0.2) is 106 Å². The predicted molar refractivity (Wildman–Crippen MR) is 161 cm³/mol. The lowest BCUT2D eigenvalue weighted by molar-refractivity contribution is -0.114. The van der Waals surface area contributed by atoms with Crippen LogP contribution in [0.1, 0.15) is 16.1 Å². The van der Waals surface area contributed by atoms with Gasteiger partial charge in [0.05, 0.1) is 29.3 Å². The van der Waals surface area contributed by atoms with Crippen LogP contribution in [-0.4, -0.2) is 35.6 Å². The molecule has 0 aliphatic heterocycles. The quantitative estimate of drug-likeness (QED) is 0.135. The molecule has 0 radical (unpaired) electrons.